The molecular formula is C16H20FO4-. The van der Waals surface area contributed by atoms with E-state index in [-0.39, 0.29) is 16.7 Å². The van der Waals surface area contributed by atoms with Crippen LogP contribution in [0.3, 0.4) is 0 Å². The number of aromatic carboxylic acids is 1. The third-order valence-electron chi connectivity index (χ3n) is 3.67. The number of benzene rings is 1. The van der Waals surface area contributed by atoms with Crippen molar-refractivity contribution in [3.05, 3.63) is 28.6 Å². The Labute approximate surface area is 123 Å². The number of carbonyl (C=O) groups excluding carboxylic acids is 1. The van der Waals surface area contributed by atoms with Gasteiger partial charge in [0.05, 0.1) is 5.97 Å². The second-order valence-corrected chi connectivity index (χ2v) is 6.39. The quantitative estimate of drug-likeness (QED) is 0.798. The third kappa shape index (κ3) is 3.02. The minimum Gasteiger partial charge on any atom is -0.545 e. The Hall–Kier alpha value is -1.62. The zero-order valence-corrected chi connectivity index (χ0v) is 12.8. The summed E-state index contributed by atoms with van der Waals surface area (Å²) in [6.07, 6.45) is 1.14. The van der Waals surface area contributed by atoms with Gasteiger partial charge < -0.3 is 19.4 Å². The van der Waals surface area contributed by atoms with Crippen molar-refractivity contribution in [3.8, 4) is 5.75 Å². The number of hydrogen-bond acceptors (Lipinski definition) is 4. The Morgan fingerprint density at radius 2 is 1.95 bits per heavy atom. The fourth-order valence-electron chi connectivity index (χ4n) is 2.68. The van der Waals surface area contributed by atoms with Crippen molar-refractivity contribution in [3.63, 3.8) is 0 Å². The second-order valence-electron chi connectivity index (χ2n) is 6.39. The Morgan fingerprint density at radius 1 is 1.33 bits per heavy atom. The van der Waals surface area contributed by atoms with Crippen molar-refractivity contribution in [2.24, 2.45) is 5.41 Å². The number of methoxy groups -OCH3 is 1. The fourth-order valence-corrected chi connectivity index (χ4v) is 2.68. The Bertz CT molecular complexity index is 560. The molecule has 0 bridgehead atoms. The first-order valence-corrected chi connectivity index (χ1v) is 7.00. The third-order valence-corrected chi connectivity index (χ3v) is 3.67. The van der Waals surface area contributed by atoms with Crippen molar-refractivity contribution in [2.75, 3.05) is 7.11 Å². The van der Waals surface area contributed by atoms with Crippen LogP contribution in [-0.4, -0.2) is 19.4 Å². The van der Waals surface area contributed by atoms with E-state index in [1.165, 1.54) is 13.2 Å². The molecule has 1 aromatic carbocycles. The van der Waals surface area contributed by atoms with Crippen LogP contribution in [0.2, 0.25) is 0 Å². The van der Waals surface area contributed by atoms with Crippen molar-refractivity contribution in [1.82, 2.24) is 0 Å². The van der Waals surface area contributed by atoms with Gasteiger partial charge in [-0.1, -0.05) is 20.8 Å². The first kappa shape index (κ1) is 15.8. The van der Waals surface area contributed by atoms with E-state index in [0.29, 0.717) is 24.0 Å². The van der Waals surface area contributed by atoms with Crippen LogP contribution in [-0.2, 0) is 17.6 Å². The van der Waals surface area contributed by atoms with E-state index in [1.54, 1.807) is 0 Å². The molecule has 0 N–H and O–H groups in total. The van der Waals surface area contributed by atoms with Gasteiger partial charge in [-0.3, -0.25) is 0 Å². The van der Waals surface area contributed by atoms with Crippen molar-refractivity contribution in [1.29, 1.82) is 0 Å². The monoisotopic (exact) mass is 295 g/mol. The standard InChI is InChI=1S/C16H21FO4/c1-16(2,3)15(20-4)21-12-8-11(14(18)19)9-6-5-7-10(9)13(12)17/h8,15H,5-7H2,1-4H3,(H,18,19)/p-1. The van der Waals surface area contributed by atoms with Gasteiger partial charge in [0.15, 0.2) is 11.6 Å². The maximum Gasteiger partial charge on any atom is 0.204 e. The maximum absolute atomic E-state index is 14.5. The molecule has 0 heterocycles. The first-order valence-electron chi connectivity index (χ1n) is 7.00. The summed E-state index contributed by atoms with van der Waals surface area (Å²) in [5, 5.41) is 11.3. The number of carbonyl (C=O) groups is 1. The minimum absolute atomic E-state index is 0.0164. The second kappa shape index (κ2) is 5.64. The van der Waals surface area contributed by atoms with Gasteiger partial charge in [0, 0.05) is 18.1 Å². The van der Waals surface area contributed by atoms with Crippen LogP contribution < -0.4 is 9.84 Å². The summed E-state index contributed by atoms with van der Waals surface area (Å²) in [7, 11) is 1.47. The highest BCUT2D eigenvalue weighted by Crippen LogP contribution is 2.35. The van der Waals surface area contributed by atoms with Gasteiger partial charge in [0.25, 0.3) is 0 Å². The predicted molar refractivity (Wildman–Crippen MR) is 73.6 cm³/mol. The molecule has 5 heteroatoms. The Balaban J connectivity index is 2.45. The molecule has 0 radical (unpaired) electrons. The molecule has 1 aliphatic carbocycles. The fraction of sp³-hybridized carbons (Fsp3) is 0.562. The largest absolute Gasteiger partial charge is 0.545 e. The highest BCUT2D eigenvalue weighted by atomic mass is 19.1. The molecule has 0 amide bonds. The zero-order chi connectivity index (χ0) is 15.8. The van der Waals surface area contributed by atoms with Crippen LogP contribution >= 0.6 is 0 Å². The number of rotatable bonds is 4. The summed E-state index contributed by atoms with van der Waals surface area (Å²) in [4.78, 5) is 11.3. The number of fused-ring (bicyclic) bond motifs is 1. The molecule has 1 atom stereocenters. The number of carboxylic acids is 1. The molecule has 2 rings (SSSR count). The average Bonchev–Trinajstić information content (AvgIpc) is 2.85. The molecule has 1 unspecified atom stereocenters. The van der Waals surface area contributed by atoms with Crippen LogP contribution in [0.5, 0.6) is 5.75 Å². The van der Waals surface area contributed by atoms with Gasteiger partial charge in [-0.2, -0.15) is 0 Å². The number of ether oxygens (including phenoxy) is 2. The van der Waals surface area contributed by atoms with Crippen LogP contribution in [0.15, 0.2) is 6.07 Å². The van der Waals surface area contributed by atoms with E-state index < -0.39 is 18.1 Å². The van der Waals surface area contributed by atoms with Crippen LogP contribution in [0.25, 0.3) is 0 Å². The summed E-state index contributed by atoms with van der Waals surface area (Å²) >= 11 is 0. The van der Waals surface area contributed by atoms with Crippen LogP contribution in [0.4, 0.5) is 4.39 Å². The highest BCUT2D eigenvalue weighted by Gasteiger charge is 2.30. The molecular weight excluding hydrogens is 275 g/mol. The lowest BCUT2D eigenvalue weighted by Crippen LogP contribution is -2.34. The number of hydrogen-bond donors (Lipinski definition) is 0. The van der Waals surface area contributed by atoms with Gasteiger partial charge in [-0.05, 0) is 36.5 Å². The molecule has 0 saturated heterocycles. The molecule has 1 aliphatic rings. The van der Waals surface area contributed by atoms with Crippen molar-refractivity contribution in [2.45, 2.75) is 46.3 Å². The molecule has 21 heavy (non-hydrogen) atoms. The zero-order valence-electron chi connectivity index (χ0n) is 12.8. The molecule has 0 fully saturated rings. The lowest BCUT2D eigenvalue weighted by molar-refractivity contribution is -0.255. The van der Waals surface area contributed by atoms with E-state index in [4.69, 9.17) is 9.47 Å². The summed E-state index contributed by atoms with van der Waals surface area (Å²) in [5.74, 6) is -1.88. The maximum atomic E-state index is 14.5. The lowest BCUT2D eigenvalue weighted by Gasteiger charge is -2.30. The first-order chi connectivity index (χ1) is 9.75. The summed E-state index contributed by atoms with van der Waals surface area (Å²) in [6.45, 7) is 5.68. The van der Waals surface area contributed by atoms with E-state index in [0.717, 1.165) is 6.42 Å². The van der Waals surface area contributed by atoms with E-state index in [9.17, 15) is 14.3 Å². The number of halogens is 1. The van der Waals surface area contributed by atoms with Gasteiger partial charge in [-0.15, -0.1) is 0 Å². The minimum atomic E-state index is -1.30. The van der Waals surface area contributed by atoms with Crippen molar-refractivity contribution < 1.29 is 23.8 Å². The van der Waals surface area contributed by atoms with Gasteiger partial charge in [-0.25, -0.2) is 4.39 Å². The summed E-state index contributed by atoms with van der Waals surface area (Å²) in [5.41, 5.74) is 0.602. The van der Waals surface area contributed by atoms with Gasteiger partial charge >= 0.3 is 0 Å². The van der Waals surface area contributed by atoms with Crippen molar-refractivity contribution >= 4 is 5.97 Å². The predicted octanol–water partition coefficient (Wildman–Crippen LogP) is 2.08. The van der Waals surface area contributed by atoms with Crippen LogP contribution in [0.1, 0.15) is 48.7 Å². The molecule has 116 valence electrons. The van der Waals surface area contributed by atoms with Crippen LogP contribution in [0, 0.1) is 11.2 Å². The smallest absolute Gasteiger partial charge is 0.204 e. The average molecular weight is 295 g/mol. The normalized spacial score (nSPS) is 15.7. The van der Waals surface area contributed by atoms with E-state index >= 15 is 0 Å². The van der Waals surface area contributed by atoms with E-state index in [2.05, 4.69) is 0 Å². The molecule has 0 saturated carbocycles. The molecule has 1 aromatic rings. The molecule has 0 aromatic heterocycles. The molecule has 0 aliphatic heterocycles. The molecule has 0 spiro atoms. The summed E-state index contributed by atoms with van der Waals surface area (Å²) in [6, 6.07) is 1.21. The highest BCUT2D eigenvalue weighted by molar-refractivity contribution is 5.89. The SMILES string of the molecule is COC(Oc1cc(C(=O)[O-])c2c(c1F)CCC2)C(C)(C)C. The van der Waals surface area contributed by atoms with Gasteiger partial charge in [0.1, 0.15) is 0 Å². The Morgan fingerprint density at radius 3 is 2.48 bits per heavy atom. The summed E-state index contributed by atoms with van der Waals surface area (Å²) < 4.78 is 25.3. The Kier molecular flexibility index (Phi) is 4.23. The lowest BCUT2D eigenvalue weighted by atomic mass is 9.95. The topological polar surface area (TPSA) is 58.6 Å². The molecule has 4 nitrogen and oxygen atoms in total. The van der Waals surface area contributed by atoms with E-state index in [1.807, 2.05) is 20.8 Å². The van der Waals surface area contributed by atoms with Gasteiger partial charge in [0.2, 0.25) is 6.29 Å². The number of carboxylic acid groups (broad SMARTS) is 1.